The Labute approximate surface area is 198 Å². The highest BCUT2D eigenvalue weighted by Crippen LogP contribution is 2.34. The maximum atomic E-state index is 13.9. The molecular formula is C25H33N4O3S+. The third-order valence-electron chi connectivity index (χ3n) is 6.76. The Morgan fingerprint density at radius 2 is 1.94 bits per heavy atom. The quantitative estimate of drug-likeness (QED) is 0.411. The van der Waals surface area contributed by atoms with Crippen LogP contribution in [0.2, 0.25) is 0 Å². The highest BCUT2D eigenvalue weighted by atomic mass is 32.1. The Bertz CT molecular complexity index is 1150. The van der Waals surface area contributed by atoms with Crippen LogP contribution in [-0.2, 0) is 17.6 Å². The zero-order chi connectivity index (χ0) is 22.6. The summed E-state index contributed by atoms with van der Waals surface area (Å²) in [5.41, 5.74) is 2.07. The van der Waals surface area contributed by atoms with Crippen molar-refractivity contribution in [3.63, 3.8) is 0 Å². The molecule has 1 fully saturated rings. The van der Waals surface area contributed by atoms with E-state index in [-0.39, 0.29) is 5.56 Å². The van der Waals surface area contributed by atoms with Gasteiger partial charge in [-0.05, 0) is 55.5 Å². The van der Waals surface area contributed by atoms with Crippen molar-refractivity contribution >= 4 is 27.5 Å². The van der Waals surface area contributed by atoms with E-state index in [4.69, 9.17) is 14.5 Å². The number of rotatable bonds is 7. The SMILES string of the molecule is COc1ccc(-n2c(NCCC[NH+]3CCOCC3)nc3sc4c(c3c2=O)CCCCC4)cc1. The highest BCUT2D eigenvalue weighted by Gasteiger charge is 2.22. The van der Waals surface area contributed by atoms with Crippen LogP contribution in [0.5, 0.6) is 5.75 Å². The van der Waals surface area contributed by atoms with Crippen molar-refractivity contribution in [1.29, 1.82) is 0 Å². The predicted octanol–water partition coefficient (Wildman–Crippen LogP) is 2.44. The Morgan fingerprint density at radius 3 is 2.73 bits per heavy atom. The van der Waals surface area contributed by atoms with E-state index >= 15 is 0 Å². The van der Waals surface area contributed by atoms with E-state index in [1.807, 2.05) is 24.3 Å². The maximum absolute atomic E-state index is 13.9. The first-order valence-corrected chi connectivity index (χ1v) is 12.9. The standard InChI is InChI=1S/C25H32N4O3S/c1-31-19-10-8-18(9-11-19)29-24(30)22-20-6-3-2-4-7-21(20)33-23(22)27-25(29)26-12-5-13-28-14-16-32-17-15-28/h8-11H,2-7,12-17H2,1H3,(H,26,27)/p+1. The van der Waals surface area contributed by atoms with Crippen LogP contribution in [0.3, 0.4) is 0 Å². The van der Waals surface area contributed by atoms with Gasteiger partial charge in [0.2, 0.25) is 5.95 Å². The van der Waals surface area contributed by atoms with E-state index in [1.165, 1.54) is 23.3 Å². The summed E-state index contributed by atoms with van der Waals surface area (Å²) in [4.78, 5) is 22.7. The van der Waals surface area contributed by atoms with Gasteiger partial charge in [0, 0.05) is 17.8 Å². The average Bonchev–Trinajstić information content (AvgIpc) is 3.04. The van der Waals surface area contributed by atoms with E-state index in [9.17, 15) is 4.79 Å². The minimum Gasteiger partial charge on any atom is -0.497 e. The lowest BCUT2D eigenvalue weighted by Crippen LogP contribution is -3.14. The fourth-order valence-corrected chi connectivity index (χ4v) is 6.17. The van der Waals surface area contributed by atoms with Gasteiger partial charge in [-0.15, -0.1) is 11.3 Å². The second-order valence-corrected chi connectivity index (χ2v) is 9.99. The van der Waals surface area contributed by atoms with Gasteiger partial charge in [0.25, 0.3) is 5.56 Å². The summed E-state index contributed by atoms with van der Waals surface area (Å²) in [6, 6.07) is 7.65. The molecule has 8 heteroatoms. The largest absolute Gasteiger partial charge is 0.497 e. The number of aromatic nitrogens is 2. The van der Waals surface area contributed by atoms with E-state index < -0.39 is 0 Å². The third kappa shape index (κ3) is 4.78. The lowest BCUT2D eigenvalue weighted by molar-refractivity contribution is -0.908. The first-order chi connectivity index (χ1) is 16.2. The molecule has 1 saturated heterocycles. The number of hydrogen-bond donors (Lipinski definition) is 2. The molecule has 3 heterocycles. The van der Waals surface area contributed by atoms with Gasteiger partial charge < -0.3 is 19.7 Å². The van der Waals surface area contributed by atoms with Crippen LogP contribution in [0.25, 0.3) is 15.9 Å². The molecule has 0 bridgehead atoms. The Hall–Kier alpha value is -2.42. The first kappa shape index (κ1) is 22.4. The number of thiophene rings is 1. The summed E-state index contributed by atoms with van der Waals surface area (Å²) in [6.07, 6.45) is 6.63. The molecule has 1 aliphatic heterocycles. The molecule has 0 unspecified atom stereocenters. The average molecular weight is 470 g/mol. The molecule has 0 spiro atoms. The number of morpholine rings is 1. The Balaban J connectivity index is 1.48. The fraction of sp³-hybridized carbons (Fsp3) is 0.520. The number of anilines is 1. The molecule has 5 rings (SSSR count). The van der Waals surface area contributed by atoms with Gasteiger partial charge in [-0.1, -0.05) is 6.42 Å². The second-order valence-electron chi connectivity index (χ2n) is 8.91. The first-order valence-electron chi connectivity index (χ1n) is 12.1. The smallest absolute Gasteiger partial charge is 0.268 e. The number of benzene rings is 1. The lowest BCUT2D eigenvalue weighted by Gasteiger charge is -2.23. The minimum absolute atomic E-state index is 0.0332. The van der Waals surface area contributed by atoms with Crippen LogP contribution in [0, 0.1) is 0 Å². The summed E-state index contributed by atoms with van der Waals surface area (Å²) in [5, 5.41) is 4.30. The summed E-state index contributed by atoms with van der Waals surface area (Å²) < 4.78 is 12.5. The molecule has 0 radical (unpaired) electrons. The van der Waals surface area contributed by atoms with Crippen molar-refractivity contribution in [2.24, 2.45) is 0 Å². The Kier molecular flexibility index (Phi) is 6.94. The molecule has 2 aromatic heterocycles. The lowest BCUT2D eigenvalue weighted by atomic mass is 10.1. The number of nitrogens with one attached hydrogen (secondary N) is 2. The van der Waals surface area contributed by atoms with Gasteiger partial charge in [-0.2, -0.15) is 0 Å². The molecule has 176 valence electrons. The molecule has 0 atom stereocenters. The van der Waals surface area contributed by atoms with Gasteiger partial charge in [0.05, 0.1) is 37.9 Å². The summed E-state index contributed by atoms with van der Waals surface area (Å²) in [5.74, 6) is 1.40. The minimum atomic E-state index is 0.0332. The molecule has 2 N–H and O–H groups in total. The number of ether oxygens (including phenoxy) is 2. The van der Waals surface area contributed by atoms with E-state index in [2.05, 4.69) is 5.32 Å². The molecule has 0 amide bonds. The number of fused-ring (bicyclic) bond motifs is 3. The van der Waals surface area contributed by atoms with Crippen LogP contribution in [0.1, 0.15) is 36.1 Å². The normalized spacial score (nSPS) is 17.0. The van der Waals surface area contributed by atoms with Gasteiger partial charge in [-0.25, -0.2) is 9.55 Å². The number of hydrogen-bond acceptors (Lipinski definition) is 6. The third-order valence-corrected chi connectivity index (χ3v) is 7.95. The number of methoxy groups -OCH3 is 1. The van der Waals surface area contributed by atoms with Crippen LogP contribution < -0.4 is 20.5 Å². The molecule has 33 heavy (non-hydrogen) atoms. The zero-order valence-electron chi connectivity index (χ0n) is 19.3. The van der Waals surface area contributed by atoms with E-state index in [0.29, 0.717) is 5.95 Å². The summed E-state index contributed by atoms with van der Waals surface area (Å²) in [6.45, 7) is 5.72. The topological polar surface area (TPSA) is 69.8 Å². The second kappa shape index (κ2) is 10.2. The maximum Gasteiger partial charge on any atom is 0.268 e. The summed E-state index contributed by atoms with van der Waals surface area (Å²) >= 11 is 1.71. The fourth-order valence-electron chi connectivity index (χ4n) is 4.92. The van der Waals surface area contributed by atoms with E-state index in [1.54, 1.807) is 27.9 Å². The van der Waals surface area contributed by atoms with Crippen molar-refractivity contribution in [3.05, 3.63) is 45.1 Å². The van der Waals surface area contributed by atoms with Crippen molar-refractivity contribution in [1.82, 2.24) is 9.55 Å². The van der Waals surface area contributed by atoms with Crippen molar-refractivity contribution < 1.29 is 14.4 Å². The van der Waals surface area contributed by atoms with Gasteiger partial charge in [-0.3, -0.25) is 4.79 Å². The van der Waals surface area contributed by atoms with Gasteiger partial charge in [0.1, 0.15) is 23.7 Å². The molecule has 2 aliphatic rings. The van der Waals surface area contributed by atoms with Crippen LogP contribution >= 0.6 is 11.3 Å². The molecule has 1 aliphatic carbocycles. The van der Waals surface area contributed by atoms with Crippen molar-refractivity contribution in [3.8, 4) is 11.4 Å². The molecule has 0 saturated carbocycles. The zero-order valence-corrected chi connectivity index (χ0v) is 20.1. The van der Waals surface area contributed by atoms with Crippen molar-refractivity contribution in [2.45, 2.75) is 38.5 Å². The molecule has 1 aromatic carbocycles. The van der Waals surface area contributed by atoms with E-state index in [0.717, 1.165) is 86.7 Å². The van der Waals surface area contributed by atoms with Crippen LogP contribution in [-0.4, -0.2) is 56.1 Å². The van der Waals surface area contributed by atoms with Crippen molar-refractivity contribution in [2.75, 3.05) is 51.8 Å². The number of nitrogens with zero attached hydrogens (tertiary/aromatic N) is 2. The highest BCUT2D eigenvalue weighted by molar-refractivity contribution is 7.18. The number of aryl methyl sites for hydroxylation is 2. The Morgan fingerprint density at radius 1 is 1.15 bits per heavy atom. The monoisotopic (exact) mass is 469 g/mol. The molecule has 3 aromatic rings. The molecular weight excluding hydrogens is 436 g/mol. The predicted molar refractivity (Wildman–Crippen MR) is 133 cm³/mol. The van der Waals surface area contributed by atoms with Gasteiger partial charge >= 0.3 is 0 Å². The van der Waals surface area contributed by atoms with Gasteiger partial charge in [0.15, 0.2) is 0 Å². The molecule has 7 nitrogen and oxygen atoms in total. The van der Waals surface area contributed by atoms with Crippen LogP contribution in [0.4, 0.5) is 5.95 Å². The van der Waals surface area contributed by atoms with Crippen LogP contribution in [0.15, 0.2) is 29.1 Å². The number of quaternary nitrogens is 1. The summed E-state index contributed by atoms with van der Waals surface area (Å²) in [7, 11) is 1.65.